The number of guanidine groups is 1. The Hall–Kier alpha value is -2.06. The van der Waals surface area contributed by atoms with Crippen molar-refractivity contribution in [2.24, 2.45) is 10.9 Å². The molecule has 0 spiro atoms. The van der Waals surface area contributed by atoms with Gasteiger partial charge in [0.15, 0.2) is 5.96 Å². The van der Waals surface area contributed by atoms with Crippen LogP contribution in [0.1, 0.15) is 37.9 Å². The van der Waals surface area contributed by atoms with Crippen molar-refractivity contribution in [3.8, 4) is 0 Å². The highest BCUT2D eigenvalue weighted by atomic mass is 16.5. The molecule has 0 aromatic carbocycles. The lowest BCUT2D eigenvalue weighted by molar-refractivity contribution is -0.136. The maximum Gasteiger partial charge on any atom is 0.236 e. The van der Waals surface area contributed by atoms with Gasteiger partial charge >= 0.3 is 0 Å². The Kier molecular flexibility index (Phi) is 8.85. The van der Waals surface area contributed by atoms with Gasteiger partial charge in [0.1, 0.15) is 5.76 Å². The molecule has 3 heterocycles. The summed E-state index contributed by atoms with van der Waals surface area (Å²) in [5, 5.41) is 3.58. The van der Waals surface area contributed by atoms with Crippen molar-refractivity contribution in [1.82, 2.24) is 20.0 Å². The highest BCUT2D eigenvalue weighted by molar-refractivity contribution is 5.80. The van der Waals surface area contributed by atoms with E-state index in [1.54, 1.807) is 6.26 Å². The molecule has 0 unspecified atom stereocenters. The first-order valence-corrected chi connectivity index (χ1v) is 12.4. The van der Waals surface area contributed by atoms with Crippen LogP contribution in [0.5, 0.6) is 0 Å². The summed E-state index contributed by atoms with van der Waals surface area (Å²) in [6.07, 6.45) is 9.25. The Bertz CT molecular complexity index is 703. The van der Waals surface area contributed by atoms with Gasteiger partial charge in [-0.05, 0) is 30.9 Å². The van der Waals surface area contributed by atoms with Crippen LogP contribution in [0.25, 0.3) is 0 Å². The van der Waals surface area contributed by atoms with E-state index in [9.17, 15) is 4.79 Å². The minimum Gasteiger partial charge on any atom is -0.469 e. The van der Waals surface area contributed by atoms with Crippen molar-refractivity contribution in [2.75, 3.05) is 72.1 Å². The molecule has 2 saturated heterocycles. The number of ether oxygens (including phenoxy) is 1. The second-order valence-electron chi connectivity index (χ2n) is 9.18. The van der Waals surface area contributed by atoms with E-state index in [-0.39, 0.29) is 5.91 Å². The average molecular weight is 446 g/mol. The van der Waals surface area contributed by atoms with E-state index in [0.717, 1.165) is 76.4 Å². The number of carbonyl (C=O) groups is 1. The Balaban J connectivity index is 1.27. The predicted molar refractivity (Wildman–Crippen MR) is 125 cm³/mol. The first-order chi connectivity index (χ1) is 15.8. The third-order valence-corrected chi connectivity index (χ3v) is 6.85. The Morgan fingerprint density at radius 1 is 1.03 bits per heavy atom. The molecule has 1 saturated carbocycles. The van der Waals surface area contributed by atoms with Gasteiger partial charge in [0.2, 0.25) is 5.91 Å². The largest absolute Gasteiger partial charge is 0.469 e. The number of amides is 1. The molecule has 0 bridgehead atoms. The van der Waals surface area contributed by atoms with Crippen LogP contribution >= 0.6 is 0 Å². The summed E-state index contributed by atoms with van der Waals surface area (Å²) in [5.74, 6) is 2.96. The lowest BCUT2D eigenvalue weighted by atomic mass is 9.89. The van der Waals surface area contributed by atoms with Crippen LogP contribution in [-0.4, -0.2) is 98.7 Å². The molecule has 3 aliphatic rings. The minimum absolute atomic E-state index is 0.226. The fraction of sp³-hybridized carbons (Fsp3) is 0.750. The second-order valence-corrected chi connectivity index (χ2v) is 9.18. The number of piperazine rings is 1. The summed E-state index contributed by atoms with van der Waals surface area (Å²) in [6, 6.07) is 3.95. The monoisotopic (exact) mass is 445 g/mol. The van der Waals surface area contributed by atoms with Gasteiger partial charge in [-0.1, -0.05) is 19.3 Å². The summed E-state index contributed by atoms with van der Waals surface area (Å²) in [6.45, 7) is 8.55. The third kappa shape index (κ3) is 6.97. The van der Waals surface area contributed by atoms with Crippen LogP contribution < -0.4 is 5.32 Å². The average Bonchev–Trinajstić information content (AvgIpc) is 3.37. The van der Waals surface area contributed by atoms with E-state index in [4.69, 9.17) is 14.1 Å². The summed E-state index contributed by atoms with van der Waals surface area (Å²) in [5.41, 5.74) is 0. The molecule has 32 heavy (non-hydrogen) atoms. The van der Waals surface area contributed by atoms with Crippen molar-refractivity contribution in [1.29, 1.82) is 0 Å². The summed E-state index contributed by atoms with van der Waals surface area (Å²) < 4.78 is 10.8. The normalized spacial score (nSPS) is 21.7. The number of nitrogens with zero attached hydrogens (tertiary/aromatic N) is 4. The molecule has 8 heteroatoms. The van der Waals surface area contributed by atoms with Crippen LogP contribution in [0, 0.1) is 5.92 Å². The van der Waals surface area contributed by atoms with Crippen molar-refractivity contribution < 1.29 is 13.9 Å². The van der Waals surface area contributed by atoms with Crippen molar-refractivity contribution in [2.45, 2.75) is 38.5 Å². The maximum absolute atomic E-state index is 12.6. The van der Waals surface area contributed by atoms with Gasteiger partial charge < -0.3 is 24.3 Å². The standard InChI is InChI=1S/C24H39N5O3/c30-23(28-14-17-31-18-15-28)20-27-10-12-29(13-11-27)24(25-9-8-22-7-4-16-32-22)26-19-21-5-2-1-3-6-21/h4,7,16,21H,1-3,5-6,8-15,17-20H2,(H,25,26). The number of rotatable bonds is 7. The molecular weight excluding hydrogens is 406 g/mol. The Morgan fingerprint density at radius 3 is 2.53 bits per heavy atom. The zero-order chi connectivity index (χ0) is 22.0. The fourth-order valence-corrected chi connectivity index (χ4v) is 4.83. The summed E-state index contributed by atoms with van der Waals surface area (Å²) in [4.78, 5) is 24.2. The molecular formula is C24H39N5O3. The van der Waals surface area contributed by atoms with Gasteiger partial charge in [0.25, 0.3) is 0 Å². The molecule has 1 N–H and O–H groups in total. The van der Waals surface area contributed by atoms with Gasteiger partial charge in [-0.3, -0.25) is 14.7 Å². The molecule has 1 amide bonds. The van der Waals surface area contributed by atoms with Gasteiger partial charge in [0, 0.05) is 58.8 Å². The van der Waals surface area contributed by atoms with E-state index in [1.165, 1.54) is 32.1 Å². The van der Waals surface area contributed by atoms with Crippen LogP contribution in [0.3, 0.4) is 0 Å². The van der Waals surface area contributed by atoms with Crippen LogP contribution in [0.4, 0.5) is 0 Å². The SMILES string of the molecule is O=C(CN1CCN(C(=NCC2CCCCC2)NCCc2ccco2)CC1)N1CCOCC1. The molecule has 178 valence electrons. The highest BCUT2D eigenvalue weighted by Gasteiger charge is 2.24. The molecule has 8 nitrogen and oxygen atoms in total. The summed E-state index contributed by atoms with van der Waals surface area (Å²) >= 11 is 0. The van der Waals surface area contributed by atoms with E-state index in [2.05, 4.69) is 15.1 Å². The Labute approximate surface area is 192 Å². The topological polar surface area (TPSA) is 73.6 Å². The van der Waals surface area contributed by atoms with E-state index >= 15 is 0 Å². The van der Waals surface area contributed by atoms with E-state index in [0.29, 0.717) is 19.8 Å². The molecule has 1 aliphatic carbocycles. The van der Waals surface area contributed by atoms with Crippen LogP contribution in [-0.2, 0) is 16.0 Å². The number of carbonyl (C=O) groups excluding carboxylic acids is 1. The number of nitrogens with one attached hydrogen (secondary N) is 1. The van der Waals surface area contributed by atoms with E-state index in [1.807, 2.05) is 17.0 Å². The number of hydrogen-bond donors (Lipinski definition) is 1. The minimum atomic E-state index is 0.226. The predicted octanol–water partition coefficient (Wildman–Crippen LogP) is 1.82. The zero-order valence-electron chi connectivity index (χ0n) is 19.3. The Morgan fingerprint density at radius 2 is 1.81 bits per heavy atom. The van der Waals surface area contributed by atoms with Gasteiger partial charge in [-0.15, -0.1) is 0 Å². The molecule has 1 aromatic heterocycles. The van der Waals surface area contributed by atoms with Gasteiger partial charge in [0.05, 0.1) is 26.0 Å². The van der Waals surface area contributed by atoms with Crippen LogP contribution in [0.15, 0.2) is 27.8 Å². The van der Waals surface area contributed by atoms with E-state index < -0.39 is 0 Å². The second kappa shape index (κ2) is 12.3. The molecule has 3 fully saturated rings. The molecule has 0 atom stereocenters. The number of morpholine rings is 1. The van der Waals surface area contributed by atoms with Crippen LogP contribution in [0.2, 0.25) is 0 Å². The van der Waals surface area contributed by atoms with Crippen molar-refractivity contribution >= 4 is 11.9 Å². The molecule has 2 aliphatic heterocycles. The quantitative estimate of drug-likeness (QED) is 0.510. The molecule has 4 rings (SSSR count). The lowest BCUT2D eigenvalue weighted by Gasteiger charge is -2.37. The van der Waals surface area contributed by atoms with Gasteiger partial charge in [-0.2, -0.15) is 0 Å². The smallest absolute Gasteiger partial charge is 0.236 e. The summed E-state index contributed by atoms with van der Waals surface area (Å²) in [7, 11) is 0. The molecule has 1 aromatic rings. The number of hydrogen-bond acceptors (Lipinski definition) is 5. The maximum atomic E-state index is 12.6. The first kappa shape index (κ1) is 23.1. The van der Waals surface area contributed by atoms with Gasteiger partial charge in [-0.25, -0.2) is 0 Å². The third-order valence-electron chi connectivity index (χ3n) is 6.85. The number of furan rings is 1. The zero-order valence-corrected chi connectivity index (χ0v) is 19.3. The molecule has 0 radical (unpaired) electrons. The lowest BCUT2D eigenvalue weighted by Crippen LogP contribution is -2.55. The number of aliphatic imine (C=N–C) groups is 1. The van der Waals surface area contributed by atoms with Crippen molar-refractivity contribution in [3.63, 3.8) is 0 Å². The highest BCUT2D eigenvalue weighted by Crippen LogP contribution is 2.23. The fourth-order valence-electron chi connectivity index (χ4n) is 4.83. The first-order valence-electron chi connectivity index (χ1n) is 12.4. The van der Waals surface area contributed by atoms with Crippen molar-refractivity contribution in [3.05, 3.63) is 24.2 Å².